The third kappa shape index (κ3) is 3.71. The number of hydrogen-bond donors (Lipinski definition) is 2. The number of methoxy groups -OCH3 is 1. The third-order valence-corrected chi connectivity index (χ3v) is 5.53. The third-order valence-electron chi connectivity index (χ3n) is 5.53. The second kappa shape index (κ2) is 7.68. The van der Waals surface area contributed by atoms with E-state index in [0.717, 1.165) is 49.5 Å². The van der Waals surface area contributed by atoms with Crippen LogP contribution >= 0.6 is 12.4 Å². The largest absolute Gasteiger partial charge is 0.497 e. The van der Waals surface area contributed by atoms with Crippen LogP contribution in [0.15, 0.2) is 36.5 Å². The quantitative estimate of drug-likeness (QED) is 0.840. The van der Waals surface area contributed by atoms with Gasteiger partial charge in [-0.2, -0.15) is 5.10 Å². The Kier molecular flexibility index (Phi) is 5.53. The van der Waals surface area contributed by atoms with Gasteiger partial charge >= 0.3 is 0 Å². The molecular formula is C19H25ClN4O2. The summed E-state index contributed by atoms with van der Waals surface area (Å²) in [6.45, 7) is 2.55. The maximum atomic E-state index is 12.4. The molecule has 4 rings (SSSR count). The zero-order valence-corrected chi connectivity index (χ0v) is 15.7. The number of amides is 1. The van der Waals surface area contributed by atoms with Crippen LogP contribution in [0.4, 0.5) is 0 Å². The summed E-state index contributed by atoms with van der Waals surface area (Å²) in [5.41, 5.74) is 2.11. The van der Waals surface area contributed by atoms with E-state index in [9.17, 15) is 4.79 Å². The molecule has 1 aromatic heterocycles. The molecule has 1 atom stereocenters. The van der Waals surface area contributed by atoms with Gasteiger partial charge in [-0.15, -0.1) is 12.4 Å². The van der Waals surface area contributed by atoms with Crippen molar-refractivity contribution in [2.75, 3.05) is 20.2 Å². The molecule has 7 heteroatoms. The molecule has 2 heterocycles. The Hall–Kier alpha value is -2.05. The number of halogens is 1. The van der Waals surface area contributed by atoms with E-state index in [4.69, 9.17) is 4.74 Å². The van der Waals surface area contributed by atoms with Gasteiger partial charge < -0.3 is 15.4 Å². The summed E-state index contributed by atoms with van der Waals surface area (Å²) in [4.78, 5) is 12.4. The van der Waals surface area contributed by atoms with Crippen molar-refractivity contribution in [2.45, 2.75) is 25.8 Å². The normalized spacial score (nSPS) is 20.3. The van der Waals surface area contributed by atoms with E-state index >= 15 is 0 Å². The summed E-state index contributed by atoms with van der Waals surface area (Å²) < 4.78 is 6.98. The monoisotopic (exact) mass is 376 g/mol. The molecule has 0 bridgehead atoms. The van der Waals surface area contributed by atoms with Crippen LogP contribution in [-0.2, 0) is 11.3 Å². The Balaban J connectivity index is 0.00000196. The van der Waals surface area contributed by atoms with Gasteiger partial charge in [-0.25, -0.2) is 4.68 Å². The van der Waals surface area contributed by atoms with E-state index in [1.807, 2.05) is 41.2 Å². The summed E-state index contributed by atoms with van der Waals surface area (Å²) in [5.74, 6) is 1.19. The first kappa shape index (κ1) is 18.7. The van der Waals surface area contributed by atoms with Crippen LogP contribution in [0.1, 0.15) is 25.0 Å². The second-order valence-corrected chi connectivity index (χ2v) is 7.04. The number of ether oxygens (including phenoxy) is 1. The minimum atomic E-state index is 0. The number of aromatic nitrogens is 2. The standard InChI is InChI=1S/C19H24N4O2.ClH/c1-25-16-4-2-15(3-5-16)23-11-6-14(22-23)13-21-18(24)17-12-19(17)7-9-20-10-8-19;/h2-6,11,17,20H,7-10,12-13H2,1H3,(H,21,24);1H. The lowest BCUT2D eigenvalue weighted by Gasteiger charge is -2.23. The van der Waals surface area contributed by atoms with Gasteiger partial charge in [0, 0.05) is 12.1 Å². The van der Waals surface area contributed by atoms with Gasteiger partial charge in [-0.1, -0.05) is 0 Å². The number of hydrogen-bond acceptors (Lipinski definition) is 4. The first-order chi connectivity index (χ1) is 12.2. The van der Waals surface area contributed by atoms with Crippen LogP contribution in [-0.4, -0.2) is 35.9 Å². The molecule has 1 aliphatic heterocycles. The minimum Gasteiger partial charge on any atom is -0.497 e. The molecule has 140 valence electrons. The highest BCUT2D eigenvalue weighted by molar-refractivity contribution is 5.85. The van der Waals surface area contributed by atoms with Crippen molar-refractivity contribution in [1.82, 2.24) is 20.4 Å². The smallest absolute Gasteiger partial charge is 0.224 e. The fourth-order valence-electron chi connectivity index (χ4n) is 3.83. The number of carbonyl (C=O) groups excluding carboxylic acids is 1. The van der Waals surface area contributed by atoms with Crippen molar-refractivity contribution < 1.29 is 9.53 Å². The maximum absolute atomic E-state index is 12.4. The number of rotatable bonds is 5. The number of carbonyl (C=O) groups is 1. The molecule has 1 spiro atoms. The van der Waals surface area contributed by atoms with Crippen molar-refractivity contribution >= 4 is 18.3 Å². The summed E-state index contributed by atoms with van der Waals surface area (Å²) in [6.07, 6.45) is 5.20. The number of piperidine rings is 1. The lowest BCUT2D eigenvalue weighted by molar-refractivity contribution is -0.123. The molecule has 2 aromatic rings. The van der Waals surface area contributed by atoms with E-state index < -0.39 is 0 Å². The topological polar surface area (TPSA) is 68.2 Å². The molecule has 1 amide bonds. The fourth-order valence-corrected chi connectivity index (χ4v) is 3.83. The van der Waals surface area contributed by atoms with E-state index in [-0.39, 0.29) is 29.6 Å². The van der Waals surface area contributed by atoms with E-state index in [1.165, 1.54) is 0 Å². The van der Waals surface area contributed by atoms with E-state index in [2.05, 4.69) is 15.7 Å². The molecule has 1 aliphatic carbocycles. The van der Waals surface area contributed by atoms with E-state index in [0.29, 0.717) is 6.54 Å². The zero-order chi connectivity index (χ0) is 17.3. The molecule has 26 heavy (non-hydrogen) atoms. The van der Waals surface area contributed by atoms with Gasteiger partial charge in [0.1, 0.15) is 5.75 Å². The van der Waals surface area contributed by atoms with Gasteiger partial charge in [-0.3, -0.25) is 4.79 Å². The first-order valence-electron chi connectivity index (χ1n) is 8.88. The summed E-state index contributed by atoms with van der Waals surface area (Å²) in [5, 5.41) is 11.0. The Morgan fingerprint density at radius 1 is 1.31 bits per heavy atom. The number of nitrogens with zero attached hydrogens (tertiary/aromatic N) is 2. The van der Waals surface area contributed by atoms with Crippen molar-refractivity contribution in [2.24, 2.45) is 11.3 Å². The van der Waals surface area contributed by atoms with Crippen LogP contribution in [0.3, 0.4) is 0 Å². The molecule has 2 fully saturated rings. The number of nitrogens with one attached hydrogen (secondary N) is 2. The van der Waals surface area contributed by atoms with Crippen LogP contribution in [0, 0.1) is 11.3 Å². The molecule has 1 saturated heterocycles. The first-order valence-corrected chi connectivity index (χ1v) is 8.88. The summed E-state index contributed by atoms with van der Waals surface area (Å²) in [6, 6.07) is 9.67. The highest BCUT2D eigenvalue weighted by atomic mass is 35.5. The summed E-state index contributed by atoms with van der Waals surface area (Å²) >= 11 is 0. The molecule has 0 radical (unpaired) electrons. The summed E-state index contributed by atoms with van der Waals surface area (Å²) in [7, 11) is 1.65. The Bertz CT molecular complexity index is 753. The van der Waals surface area contributed by atoms with Crippen molar-refractivity contribution in [3.8, 4) is 11.4 Å². The second-order valence-electron chi connectivity index (χ2n) is 7.04. The van der Waals surface area contributed by atoms with Crippen LogP contribution in [0.5, 0.6) is 5.75 Å². The Morgan fingerprint density at radius 3 is 2.73 bits per heavy atom. The predicted molar refractivity (Wildman–Crippen MR) is 102 cm³/mol. The SMILES string of the molecule is COc1ccc(-n2ccc(CNC(=O)C3CC34CCNCC4)n2)cc1.Cl. The van der Waals surface area contributed by atoms with Crippen molar-refractivity contribution in [1.29, 1.82) is 0 Å². The maximum Gasteiger partial charge on any atom is 0.224 e. The molecule has 6 nitrogen and oxygen atoms in total. The molecule has 1 saturated carbocycles. The molecule has 2 aliphatic rings. The van der Waals surface area contributed by atoms with Gasteiger partial charge in [0.25, 0.3) is 0 Å². The van der Waals surface area contributed by atoms with Gasteiger partial charge in [0.05, 0.1) is 25.0 Å². The number of benzene rings is 1. The van der Waals surface area contributed by atoms with Crippen molar-refractivity contribution in [3.63, 3.8) is 0 Å². The lowest BCUT2D eigenvalue weighted by Crippen LogP contribution is -2.33. The zero-order valence-electron chi connectivity index (χ0n) is 14.9. The van der Waals surface area contributed by atoms with Gasteiger partial charge in [0.2, 0.25) is 5.91 Å². The molecule has 1 aromatic carbocycles. The molecule has 1 unspecified atom stereocenters. The fraction of sp³-hybridized carbons (Fsp3) is 0.474. The molecule has 2 N–H and O–H groups in total. The van der Waals surface area contributed by atoms with Crippen molar-refractivity contribution in [3.05, 3.63) is 42.2 Å². The Morgan fingerprint density at radius 2 is 2.04 bits per heavy atom. The lowest BCUT2D eigenvalue weighted by atomic mass is 9.92. The average Bonchev–Trinajstić information content (AvgIpc) is 3.14. The highest BCUT2D eigenvalue weighted by Gasteiger charge is 2.57. The predicted octanol–water partition coefficient (Wildman–Crippen LogP) is 2.31. The van der Waals surface area contributed by atoms with E-state index in [1.54, 1.807) is 7.11 Å². The Labute approximate surface area is 159 Å². The van der Waals surface area contributed by atoms with Crippen LogP contribution in [0.25, 0.3) is 5.69 Å². The highest BCUT2D eigenvalue weighted by Crippen LogP contribution is 2.58. The van der Waals surface area contributed by atoms with Gasteiger partial charge in [-0.05, 0) is 68.1 Å². The van der Waals surface area contributed by atoms with Gasteiger partial charge in [0.15, 0.2) is 0 Å². The average molecular weight is 377 g/mol. The molecular weight excluding hydrogens is 352 g/mol. The minimum absolute atomic E-state index is 0. The van der Waals surface area contributed by atoms with Crippen LogP contribution < -0.4 is 15.4 Å². The van der Waals surface area contributed by atoms with Crippen LogP contribution in [0.2, 0.25) is 0 Å².